The van der Waals surface area contributed by atoms with Crippen molar-refractivity contribution in [1.29, 1.82) is 0 Å². The van der Waals surface area contributed by atoms with E-state index in [-0.39, 0.29) is 5.41 Å². The number of rotatable bonds is 2. The molecule has 0 saturated heterocycles. The highest BCUT2D eigenvalue weighted by molar-refractivity contribution is 14.1. The van der Waals surface area contributed by atoms with Crippen molar-refractivity contribution < 1.29 is 0 Å². The van der Waals surface area contributed by atoms with Crippen LogP contribution in [0, 0.1) is 10.5 Å². The van der Waals surface area contributed by atoms with E-state index in [4.69, 9.17) is 0 Å². The predicted molar refractivity (Wildman–Crippen MR) is 128 cm³/mol. The van der Waals surface area contributed by atoms with Crippen molar-refractivity contribution in [1.82, 2.24) is 0 Å². The Morgan fingerprint density at radius 3 is 2.67 bits per heavy atom. The Morgan fingerprint density at radius 1 is 1.15 bits per heavy atom. The fraction of sp³-hybridized carbons (Fsp3) is 0.308. The molecular formula is C26H29I. The summed E-state index contributed by atoms with van der Waals surface area (Å²) in [5.41, 5.74) is 8.33. The lowest BCUT2D eigenvalue weighted by Crippen LogP contribution is -2.19. The second-order valence-electron chi connectivity index (χ2n) is 8.16. The molecule has 2 aromatic rings. The molecule has 0 bridgehead atoms. The summed E-state index contributed by atoms with van der Waals surface area (Å²) in [6.45, 7) is 11.3. The minimum Gasteiger partial charge on any atom is -0.0870 e. The van der Waals surface area contributed by atoms with Crippen molar-refractivity contribution in [3.8, 4) is 0 Å². The van der Waals surface area contributed by atoms with Crippen LogP contribution in [0.5, 0.6) is 0 Å². The molecule has 1 aliphatic carbocycles. The number of hydrogen-bond acceptors (Lipinski definition) is 0. The first kappa shape index (κ1) is 20.1. The van der Waals surface area contributed by atoms with E-state index >= 15 is 0 Å². The van der Waals surface area contributed by atoms with Crippen molar-refractivity contribution in [2.75, 3.05) is 0 Å². The molecule has 0 N–H and O–H groups in total. The van der Waals surface area contributed by atoms with E-state index in [0.717, 1.165) is 6.42 Å². The number of fused-ring (bicyclic) bond motifs is 1. The summed E-state index contributed by atoms with van der Waals surface area (Å²) in [6, 6.07) is 13.5. The van der Waals surface area contributed by atoms with E-state index < -0.39 is 0 Å². The Kier molecular flexibility index (Phi) is 6.10. The van der Waals surface area contributed by atoms with Gasteiger partial charge in [0, 0.05) is 3.57 Å². The summed E-state index contributed by atoms with van der Waals surface area (Å²) in [7, 11) is 0. The Balaban J connectivity index is 2.15. The third-order valence-electron chi connectivity index (χ3n) is 5.60. The van der Waals surface area contributed by atoms with Crippen LogP contribution in [0.25, 0.3) is 11.6 Å². The van der Waals surface area contributed by atoms with Gasteiger partial charge in [0.25, 0.3) is 0 Å². The van der Waals surface area contributed by atoms with Crippen LogP contribution >= 0.6 is 22.6 Å². The highest BCUT2D eigenvalue weighted by Crippen LogP contribution is 2.38. The van der Waals surface area contributed by atoms with E-state index in [0.29, 0.717) is 5.92 Å². The van der Waals surface area contributed by atoms with Gasteiger partial charge in [0.05, 0.1) is 0 Å². The maximum absolute atomic E-state index is 2.43. The zero-order valence-electron chi connectivity index (χ0n) is 17.0. The molecule has 2 aromatic carbocycles. The van der Waals surface area contributed by atoms with E-state index in [9.17, 15) is 0 Å². The lowest BCUT2D eigenvalue weighted by atomic mass is 9.77. The largest absolute Gasteiger partial charge is 0.0870 e. The molecule has 27 heavy (non-hydrogen) atoms. The minimum atomic E-state index is 0.104. The quantitative estimate of drug-likeness (QED) is 0.391. The van der Waals surface area contributed by atoms with Crippen LogP contribution in [0.1, 0.15) is 67.9 Å². The molecule has 0 aromatic heterocycles. The molecule has 0 spiro atoms. The van der Waals surface area contributed by atoms with Crippen molar-refractivity contribution in [3.63, 3.8) is 0 Å². The number of allylic oxidation sites excluding steroid dienone is 5. The Bertz CT molecular complexity index is 925. The maximum atomic E-state index is 2.43. The van der Waals surface area contributed by atoms with Gasteiger partial charge in [0.1, 0.15) is 0 Å². The van der Waals surface area contributed by atoms with Crippen LogP contribution in [0.4, 0.5) is 0 Å². The number of halogens is 1. The van der Waals surface area contributed by atoms with Gasteiger partial charge in [-0.15, -0.1) is 0 Å². The van der Waals surface area contributed by atoms with Crippen LogP contribution in [-0.4, -0.2) is 0 Å². The van der Waals surface area contributed by atoms with Gasteiger partial charge in [-0.05, 0) is 99.7 Å². The zero-order valence-corrected chi connectivity index (χ0v) is 19.2. The van der Waals surface area contributed by atoms with Crippen LogP contribution in [-0.2, 0) is 5.41 Å². The number of benzene rings is 2. The highest BCUT2D eigenvalue weighted by atomic mass is 127. The first-order chi connectivity index (χ1) is 12.8. The van der Waals surface area contributed by atoms with E-state index in [1.54, 1.807) is 0 Å². The average Bonchev–Trinajstić information content (AvgIpc) is 2.67. The predicted octanol–water partition coefficient (Wildman–Crippen LogP) is 8.06. The van der Waals surface area contributed by atoms with Gasteiger partial charge < -0.3 is 0 Å². The molecular weight excluding hydrogens is 439 g/mol. The first-order valence-corrected chi connectivity index (χ1v) is 10.8. The average molecular weight is 468 g/mol. The van der Waals surface area contributed by atoms with Crippen LogP contribution < -0.4 is 0 Å². The lowest BCUT2D eigenvalue weighted by Gasteiger charge is -2.28. The molecule has 0 heterocycles. The monoisotopic (exact) mass is 468 g/mol. The first-order valence-electron chi connectivity index (χ1n) is 9.74. The Hall–Kier alpha value is -1.61. The molecule has 3 rings (SSSR count). The van der Waals surface area contributed by atoms with Crippen molar-refractivity contribution in [2.24, 2.45) is 0 Å². The molecule has 0 amide bonds. The standard InChI is InChI=1S/C26H29I/c1-6-8-22-18(2)9-7-10-24(22)20-12-11-19(3)23-14-13-21(27)17-25(23)26(4,5)16-15-20/h6-15,17,19H,16H2,1-5H3/b8-6-,12-11?,20-15?. The molecule has 1 heteroatoms. The lowest BCUT2D eigenvalue weighted by molar-refractivity contribution is 0.527. The summed E-state index contributed by atoms with van der Waals surface area (Å²) in [5.74, 6) is 0.396. The molecule has 1 atom stereocenters. The van der Waals surface area contributed by atoms with Crippen molar-refractivity contribution in [2.45, 2.75) is 52.4 Å². The van der Waals surface area contributed by atoms with Crippen LogP contribution in [0.15, 0.2) is 60.7 Å². The second-order valence-corrected chi connectivity index (χ2v) is 9.41. The number of hydrogen-bond donors (Lipinski definition) is 0. The normalized spacial score (nSPS) is 19.2. The summed E-state index contributed by atoms with van der Waals surface area (Å²) in [5, 5.41) is 0. The Labute approximate surface area is 178 Å². The van der Waals surface area contributed by atoms with Gasteiger partial charge in [-0.2, -0.15) is 0 Å². The molecule has 0 aliphatic heterocycles. The van der Waals surface area contributed by atoms with Crippen molar-refractivity contribution >= 4 is 34.2 Å². The summed E-state index contributed by atoms with van der Waals surface area (Å²) >= 11 is 2.43. The van der Waals surface area contributed by atoms with Crippen molar-refractivity contribution in [3.05, 3.63) is 92.1 Å². The van der Waals surface area contributed by atoms with E-state index in [1.807, 2.05) is 0 Å². The third kappa shape index (κ3) is 4.29. The summed E-state index contributed by atoms with van der Waals surface area (Å²) in [6.07, 6.45) is 12.5. The molecule has 140 valence electrons. The molecule has 1 unspecified atom stereocenters. The van der Waals surface area contributed by atoms with E-state index in [1.165, 1.54) is 37.0 Å². The topological polar surface area (TPSA) is 0 Å². The third-order valence-corrected chi connectivity index (χ3v) is 6.27. The van der Waals surface area contributed by atoms with Gasteiger partial charge in [0.2, 0.25) is 0 Å². The fourth-order valence-electron chi connectivity index (χ4n) is 3.93. The molecule has 0 nitrogen and oxygen atoms in total. The van der Waals surface area contributed by atoms with Crippen LogP contribution in [0.2, 0.25) is 0 Å². The van der Waals surface area contributed by atoms with Gasteiger partial charge in [-0.25, -0.2) is 0 Å². The van der Waals surface area contributed by atoms with Gasteiger partial charge in [-0.3, -0.25) is 0 Å². The second kappa shape index (κ2) is 8.18. The smallest absolute Gasteiger partial charge is 0.0133 e. The van der Waals surface area contributed by atoms with E-state index in [2.05, 4.69) is 124 Å². The maximum Gasteiger partial charge on any atom is 0.0133 e. The molecule has 0 radical (unpaired) electrons. The number of aryl methyl sites for hydroxylation is 1. The minimum absolute atomic E-state index is 0.104. The summed E-state index contributed by atoms with van der Waals surface area (Å²) < 4.78 is 1.31. The zero-order chi connectivity index (χ0) is 19.6. The molecule has 0 fully saturated rings. The van der Waals surface area contributed by atoms with Gasteiger partial charge in [-0.1, -0.05) is 75.4 Å². The fourth-order valence-corrected chi connectivity index (χ4v) is 4.42. The van der Waals surface area contributed by atoms with Crippen LogP contribution in [0.3, 0.4) is 0 Å². The summed E-state index contributed by atoms with van der Waals surface area (Å²) in [4.78, 5) is 0. The van der Waals surface area contributed by atoms with Gasteiger partial charge in [0.15, 0.2) is 0 Å². The Morgan fingerprint density at radius 2 is 1.93 bits per heavy atom. The van der Waals surface area contributed by atoms with Gasteiger partial charge >= 0.3 is 0 Å². The molecule has 0 saturated carbocycles. The SMILES string of the molecule is C/C=C\c1c(C)cccc1C1=CCC(C)(C)c2cc(I)ccc2C(C)C=C1. The molecule has 1 aliphatic rings. The highest BCUT2D eigenvalue weighted by Gasteiger charge is 2.25.